The highest BCUT2D eigenvalue weighted by Gasteiger charge is 2.14. The predicted octanol–water partition coefficient (Wildman–Crippen LogP) is 0.482. The highest BCUT2D eigenvalue weighted by Crippen LogP contribution is 2.11. The number of fused-ring (bicyclic) bond motifs is 1. The van der Waals surface area contributed by atoms with Crippen molar-refractivity contribution in [2.24, 2.45) is 0 Å². The molecule has 0 aliphatic rings. The monoisotopic (exact) mass is 264 g/mol. The van der Waals surface area contributed by atoms with Crippen molar-refractivity contribution in [3.8, 4) is 0 Å². The Morgan fingerprint density at radius 3 is 2.89 bits per heavy atom. The largest absolute Gasteiger partial charge is 0.420 e. The number of hydrogen-bond acceptors (Lipinski definition) is 4. The van der Waals surface area contributed by atoms with Crippen LogP contribution >= 0.6 is 0 Å². The number of benzene rings is 1. The molecule has 6 heteroatoms. The van der Waals surface area contributed by atoms with Crippen molar-refractivity contribution in [3.05, 3.63) is 34.8 Å². The van der Waals surface area contributed by atoms with Crippen molar-refractivity contribution >= 4 is 17.0 Å². The standard InChI is InChI=1S/C13H16N2O4/c1-2-9(8-16)14-12(17)7-15-10-5-3-4-6-11(10)19-13(15)18/h3-6,9,16H,2,7-8H2,1H3,(H,14,17). The fraction of sp³-hybridized carbons (Fsp3) is 0.385. The number of aliphatic hydroxyl groups is 1. The molecule has 102 valence electrons. The van der Waals surface area contributed by atoms with Gasteiger partial charge in [-0.15, -0.1) is 0 Å². The maximum Gasteiger partial charge on any atom is 0.420 e. The molecule has 0 aliphatic heterocycles. The average Bonchev–Trinajstić information content (AvgIpc) is 2.72. The topological polar surface area (TPSA) is 84.5 Å². The number of aliphatic hydroxyl groups excluding tert-OH is 1. The number of oxazole rings is 1. The van der Waals surface area contributed by atoms with Crippen molar-refractivity contribution in [1.82, 2.24) is 9.88 Å². The molecule has 1 unspecified atom stereocenters. The van der Waals surface area contributed by atoms with Crippen LogP contribution in [0.2, 0.25) is 0 Å². The number of nitrogens with zero attached hydrogens (tertiary/aromatic N) is 1. The molecule has 0 saturated carbocycles. The summed E-state index contributed by atoms with van der Waals surface area (Å²) in [6.07, 6.45) is 0.628. The molecule has 0 fully saturated rings. The second-order valence-corrected chi connectivity index (χ2v) is 4.28. The average molecular weight is 264 g/mol. The van der Waals surface area contributed by atoms with Gasteiger partial charge in [0.05, 0.1) is 18.2 Å². The lowest BCUT2D eigenvalue weighted by Crippen LogP contribution is -2.40. The number of aromatic nitrogens is 1. The Hall–Kier alpha value is -2.08. The zero-order chi connectivity index (χ0) is 13.8. The third-order valence-corrected chi connectivity index (χ3v) is 2.95. The molecule has 19 heavy (non-hydrogen) atoms. The van der Waals surface area contributed by atoms with Crippen LogP contribution in [-0.2, 0) is 11.3 Å². The van der Waals surface area contributed by atoms with E-state index in [4.69, 9.17) is 9.52 Å². The van der Waals surface area contributed by atoms with E-state index in [2.05, 4.69) is 5.32 Å². The van der Waals surface area contributed by atoms with Crippen molar-refractivity contribution in [2.45, 2.75) is 25.9 Å². The summed E-state index contributed by atoms with van der Waals surface area (Å²) in [6.45, 7) is 1.62. The number of hydrogen-bond donors (Lipinski definition) is 2. The molecule has 1 aromatic carbocycles. The van der Waals surface area contributed by atoms with E-state index in [0.29, 0.717) is 17.5 Å². The lowest BCUT2D eigenvalue weighted by Gasteiger charge is -2.13. The molecule has 1 amide bonds. The van der Waals surface area contributed by atoms with Gasteiger partial charge in [0, 0.05) is 0 Å². The molecule has 6 nitrogen and oxygen atoms in total. The minimum Gasteiger partial charge on any atom is -0.408 e. The summed E-state index contributed by atoms with van der Waals surface area (Å²) in [6, 6.07) is 6.63. The van der Waals surface area contributed by atoms with Crippen molar-refractivity contribution in [2.75, 3.05) is 6.61 Å². The van der Waals surface area contributed by atoms with E-state index in [9.17, 15) is 9.59 Å². The molecule has 2 rings (SSSR count). The molecule has 0 aliphatic carbocycles. The summed E-state index contributed by atoms with van der Waals surface area (Å²) < 4.78 is 6.31. The Kier molecular flexibility index (Phi) is 4.01. The molecule has 0 saturated heterocycles. The normalized spacial score (nSPS) is 12.5. The van der Waals surface area contributed by atoms with Crippen molar-refractivity contribution in [3.63, 3.8) is 0 Å². The first-order valence-corrected chi connectivity index (χ1v) is 6.14. The van der Waals surface area contributed by atoms with Crippen LogP contribution in [0, 0.1) is 0 Å². The van der Waals surface area contributed by atoms with Crippen LogP contribution < -0.4 is 11.1 Å². The quantitative estimate of drug-likeness (QED) is 0.822. The second kappa shape index (κ2) is 5.71. The van der Waals surface area contributed by atoms with E-state index in [1.807, 2.05) is 6.92 Å². The third kappa shape index (κ3) is 2.85. The molecule has 0 bridgehead atoms. The lowest BCUT2D eigenvalue weighted by molar-refractivity contribution is -0.122. The number of amides is 1. The number of nitrogens with one attached hydrogen (secondary N) is 1. The van der Waals surface area contributed by atoms with E-state index in [1.165, 1.54) is 4.57 Å². The van der Waals surface area contributed by atoms with Gasteiger partial charge in [-0.1, -0.05) is 19.1 Å². The van der Waals surface area contributed by atoms with Crippen LogP contribution in [0.4, 0.5) is 0 Å². The highest BCUT2D eigenvalue weighted by atomic mass is 16.4. The molecular formula is C13H16N2O4. The van der Waals surface area contributed by atoms with Crippen LogP contribution in [0.5, 0.6) is 0 Å². The summed E-state index contributed by atoms with van der Waals surface area (Å²) in [4.78, 5) is 23.5. The van der Waals surface area contributed by atoms with Gasteiger partial charge in [-0.3, -0.25) is 9.36 Å². The summed E-state index contributed by atoms with van der Waals surface area (Å²) >= 11 is 0. The molecular weight excluding hydrogens is 248 g/mol. The van der Waals surface area contributed by atoms with Gasteiger partial charge in [0.1, 0.15) is 6.54 Å². The molecule has 1 aromatic heterocycles. The fourth-order valence-electron chi connectivity index (χ4n) is 1.86. The lowest BCUT2D eigenvalue weighted by atomic mass is 10.2. The number of carbonyl (C=O) groups is 1. The highest BCUT2D eigenvalue weighted by molar-refractivity contribution is 5.79. The molecule has 1 heterocycles. The van der Waals surface area contributed by atoms with Gasteiger partial charge < -0.3 is 14.8 Å². The molecule has 0 radical (unpaired) electrons. The number of rotatable bonds is 5. The maximum atomic E-state index is 11.8. The molecule has 2 aromatic rings. The summed E-state index contributed by atoms with van der Waals surface area (Å²) in [5.41, 5.74) is 1.04. The minimum absolute atomic E-state index is 0.119. The van der Waals surface area contributed by atoms with Crippen LogP contribution in [0.25, 0.3) is 11.1 Å². The first kappa shape index (κ1) is 13.4. The SMILES string of the molecule is CCC(CO)NC(=O)Cn1c(=O)oc2ccccc21. The van der Waals surface area contributed by atoms with Crippen LogP contribution in [0.3, 0.4) is 0 Å². The first-order chi connectivity index (χ1) is 9.15. The Balaban J connectivity index is 2.19. The van der Waals surface area contributed by atoms with Gasteiger partial charge in [0.15, 0.2) is 5.58 Å². The van der Waals surface area contributed by atoms with Crippen LogP contribution in [0.15, 0.2) is 33.5 Å². The number of para-hydroxylation sites is 2. The minimum atomic E-state index is -0.562. The molecule has 0 spiro atoms. The summed E-state index contributed by atoms with van der Waals surface area (Å²) in [7, 11) is 0. The number of carbonyl (C=O) groups excluding carboxylic acids is 1. The van der Waals surface area contributed by atoms with E-state index < -0.39 is 5.76 Å². The maximum absolute atomic E-state index is 11.8. The Bertz CT molecular complexity index is 625. The van der Waals surface area contributed by atoms with Gasteiger partial charge in [-0.05, 0) is 18.6 Å². The van der Waals surface area contributed by atoms with Crippen molar-refractivity contribution in [1.29, 1.82) is 0 Å². The Morgan fingerprint density at radius 2 is 2.21 bits per heavy atom. The van der Waals surface area contributed by atoms with Gasteiger partial charge in [-0.2, -0.15) is 0 Å². The Labute approximate surface area is 109 Å². The van der Waals surface area contributed by atoms with Gasteiger partial charge >= 0.3 is 5.76 Å². The van der Waals surface area contributed by atoms with Gasteiger partial charge in [-0.25, -0.2) is 4.79 Å². The second-order valence-electron chi connectivity index (χ2n) is 4.28. The predicted molar refractivity (Wildman–Crippen MR) is 69.8 cm³/mol. The van der Waals surface area contributed by atoms with E-state index in [-0.39, 0.29) is 25.1 Å². The van der Waals surface area contributed by atoms with E-state index in [1.54, 1.807) is 24.3 Å². The van der Waals surface area contributed by atoms with Crippen LogP contribution in [-0.4, -0.2) is 28.2 Å². The Morgan fingerprint density at radius 1 is 1.47 bits per heavy atom. The van der Waals surface area contributed by atoms with Crippen LogP contribution in [0.1, 0.15) is 13.3 Å². The van der Waals surface area contributed by atoms with E-state index in [0.717, 1.165) is 0 Å². The molecule has 1 atom stereocenters. The summed E-state index contributed by atoms with van der Waals surface area (Å²) in [5.74, 6) is -0.886. The van der Waals surface area contributed by atoms with Gasteiger partial charge in [0.25, 0.3) is 0 Å². The zero-order valence-corrected chi connectivity index (χ0v) is 10.6. The summed E-state index contributed by atoms with van der Waals surface area (Å²) in [5, 5.41) is 11.7. The van der Waals surface area contributed by atoms with Gasteiger partial charge in [0.2, 0.25) is 5.91 Å². The third-order valence-electron chi connectivity index (χ3n) is 2.95. The van der Waals surface area contributed by atoms with Crippen molar-refractivity contribution < 1.29 is 14.3 Å². The smallest absolute Gasteiger partial charge is 0.408 e. The zero-order valence-electron chi connectivity index (χ0n) is 10.6. The first-order valence-electron chi connectivity index (χ1n) is 6.14. The van der Waals surface area contributed by atoms with E-state index >= 15 is 0 Å². The fourth-order valence-corrected chi connectivity index (χ4v) is 1.86. The molecule has 2 N–H and O–H groups in total.